The molecule has 2 aromatic rings. The number of ether oxygens (including phenoxy) is 1. The van der Waals surface area contributed by atoms with E-state index in [1.807, 2.05) is 20.8 Å². The molecule has 156 valence electrons. The quantitative estimate of drug-likeness (QED) is 0.779. The lowest BCUT2D eigenvalue weighted by Crippen LogP contribution is -2.51. The van der Waals surface area contributed by atoms with Gasteiger partial charge in [-0.25, -0.2) is 4.98 Å². The predicted octanol–water partition coefficient (Wildman–Crippen LogP) is 3.49. The van der Waals surface area contributed by atoms with Gasteiger partial charge in [0.2, 0.25) is 0 Å². The van der Waals surface area contributed by atoms with Crippen molar-refractivity contribution in [3.05, 3.63) is 50.0 Å². The molecule has 29 heavy (non-hydrogen) atoms. The van der Waals surface area contributed by atoms with Crippen LogP contribution in [0, 0.1) is 19.3 Å². The first-order valence-corrected chi connectivity index (χ1v) is 10.7. The zero-order chi connectivity index (χ0) is 20.9. The minimum absolute atomic E-state index is 0.0299. The molecule has 0 aliphatic carbocycles. The van der Waals surface area contributed by atoms with Gasteiger partial charge in [-0.05, 0) is 45.7 Å². The number of nitrogens with two attached hydrogens (primary N) is 1. The zero-order valence-corrected chi connectivity index (χ0v) is 18.4. The third-order valence-electron chi connectivity index (χ3n) is 6.53. The van der Waals surface area contributed by atoms with Crippen LogP contribution in [0.3, 0.4) is 0 Å². The average Bonchev–Trinajstić information content (AvgIpc) is 2.97. The van der Waals surface area contributed by atoms with E-state index in [-0.39, 0.29) is 23.1 Å². The third-order valence-corrected chi connectivity index (χ3v) is 7.34. The highest BCUT2D eigenvalue weighted by Crippen LogP contribution is 2.42. The van der Waals surface area contributed by atoms with Crippen molar-refractivity contribution >= 4 is 29.0 Å². The number of piperidine rings is 1. The van der Waals surface area contributed by atoms with Crippen molar-refractivity contribution in [1.29, 1.82) is 0 Å². The Morgan fingerprint density at radius 3 is 2.55 bits per heavy atom. The third kappa shape index (κ3) is 3.36. The van der Waals surface area contributed by atoms with Crippen LogP contribution in [0.25, 0.3) is 5.69 Å². The van der Waals surface area contributed by atoms with Crippen LogP contribution in [0.2, 0.25) is 10.0 Å². The van der Waals surface area contributed by atoms with Crippen molar-refractivity contribution in [2.24, 2.45) is 11.1 Å². The molecule has 2 N–H and O–H groups in total. The Kier molecular flexibility index (Phi) is 5.40. The lowest BCUT2D eigenvalue weighted by atomic mass is 9.73. The van der Waals surface area contributed by atoms with E-state index in [0.717, 1.165) is 31.7 Å². The zero-order valence-electron chi connectivity index (χ0n) is 16.9. The van der Waals surface area contributed by atoms with Gasteiger partial charge in [-0.3, -0.25) is 9.36 Å². The van der Waals surface area contributed by atoms with Crippen molar-refractivity contribution in [3.8, 4) is 5.69 Å². The van der Waals surface area contributed by atoms with E-state index in [0.29, 0.717) is 33.7 Å². The molecular formula is C21H26Cl2N4O2. The van der Waals surface area contributed by atoms with Crippen LogP contribution in [0.5, 0.6) is 0 Å². The summed E-state index contributed by atoms with van der Waals surface area (Å²) < 4.78 is 7.34. The molecule has 4 rings (SSSR count). The second-order valence-corrected chi connectivity index (χ2v) is 9.00. The molecule has 3 heterocycles. The topological polar surface area (TPSA) is 73.4 Å². The van der Waals surface area contributed by atoms with E-state index in [1.165, 1.54) is 4.57 Å². The Bertz CT molecular complexity index is 999. The van der Waals surface area contributed by atoms with E-state index in [4.69, 9.17) is 38.7 Å². The molecule has 0 radical (unpaired) electrons. The van der Waals surface area contributed by atoms with Gasteiger partial charge in [-0.2, -0.15) is 0 Å². The molecule has 6 nitrogen and oxygen atoms in total. The molecule has 2 aliphatic rings. The molecule has 0 saturated carbocycles. The first-order valence-electron chi connectivity index (χ1n) is 9.92. The van der Waals surface area contributed by atoms with Crippen LogP contribution in [0.15, 0.2) is 23.0 Å². The Labute approximate surface area is 180 Å². The van der Waals surface area contributed by atoms with Gasteiger partial charge in [-0.1, -0.05) is 29.3 Å². The Balaban J connectivity index is 1.66. The number of aryl methyl sites for hydroxylation is 1. The standard InChI is InChI=1S/C21H26Cl2N4O2/c1-12-19(26-9-7-21(8-10-26)11-29-13(2)18(21)24)25-14(3)27(20(12)28)16-6-4-5-15(22)17(16)23/h4-6,13,18H,7-11,24H2,1-3H3/t13-,18-/m0/s1. The fraction of sp³-hybridized carbons (Fsp3) is 0.524. The Hall–Kier alpha value is -1.60. The molecule has 8 heteroatoms. The van der Waals surface area contributed by atoms with Gasteiger partial charge in [0.1, 0.15) is 11.6 Å². The molecule has 2 saturated heterocycles. The van der Waals surface area contributed by atoms with Crippen LogP contribution < -0.4 is 16.2 Å². The van der Waals surface area contributed by atoms with Gasteiger partial charge in [0.05, 0.1) is 34.0 Å². The molecular weight excluding hydrogens is 411 g/mol. The van der Waals surface area contributed by atoms with Gasteiger partial charge in [-0.15, -0.1) is 0 Å². The Morgan fingerprint density at radius 2 is 1.93 bits per heavy atom. The lowest BCUT2D eigenvalue weighted by molar-refractivity contribution is 0.0974. The van der Waals surface area contributed by atoms with Gasteiger partial charge in [0, 0.05) is 24.5 Å². The summed E-state index contributed by atoms with van der Waals surface area (Å²) in [4.78, 5) is 20.2. The van der Waals surface area contributed by atoms with E-state index in [2.05, 4.69) is 4.90 Å². The van der Waals surface area contributed by atoms with E-state index >= 15 is 0 Å². The molecule has 1 aromatic heterocycles. The number of anilines is 1. The van der Waals surface area contributed by atoms with Gasteiger partial charge in [0.25, 0.3) is 5.56 Å². The highest BCUT2D eigenvalue weighted by atomic mass is 35.5. The molecule has 1 spiro atoms. The van der Waals surface area contributed by atoms with Gasteiger partial charge >= 0.3 is 0 Å². The summed E-state index contributed by atoms with van der Waals surface area (Å²) >= 11 is 12.5. The number of aromatic nitrogens is 2. The number of benzene rings is 1. The fourth-order valence-electron chi connectivity index (χ4n) is 4.59. The number of nitrogens with zero attached hydrogens (tertiary/aromatic N) is 3. The maximum absolute atomic E-state index is 13.2. The maximum atomic E-state index is 13.2. The summed E-state index contributed by atoms with van der Waals surface area (Å²) in [5, 5.41) is 0.750. The molecule has 2 aliphatic heterocycles. The van der Waals surface area contributed by atoms with Crippen molar-refractivity contribution < 1.29 is 4.74 Å². The van der Waals surface area contributed by atoms with Crippen LogP contribution in [-0.2, 0) is 4.74 Å². The molecule has 2 atom stereocenters. The normalized spacial score (nSPS) is 23.7. The van der Waals surface area contributed by atoms with Crippen LogP contribution in [-0.4, -0.2) is 41.4 Å². The molecule has 0 unspecified atom stereocenters. The Morgan fingerprint density at radius 1 is 1.24 bits per heavy atom. The fourth-order valence-corrected chi connectivity index (χ4v) is 4.97. The van der Waals surface area contributed by atoms with Crippen LogP contribution >= 0.6 is 23.2 Å². The molecule has 0 bridgehead atoms. The molecule has 0 amide bonds. The number of hydrogen-bond acceptors (Lipinski definition) is 5. The summed E-state index contributed by atoms with van der Waals surface area (Å²) in [6, 6.07) is 5.30. The first-order chi connectivity index (χ1) is 13.7. The summed E-state index contributed by atoms with van der Waals surface area (Å²) in [5.74, 6) is 1.31. The van der Waals surface area contributed by atoms with E-state index < -0.39 is 0 Å². The second kappa shape index (κ2) is 7.58. The predicted molar refractivity (Wildman–Crippen MR) is 117 cm³/mol. The van der Waals surface area contributed by atoms with E-state index in [9.17, 15) is 4.79 Å². The number of rotatable bonds is 2. The SMILES string of the molecule is Cc1c(N2CCC3(CC2)CO[C@@H](C)[C@@H]3N)nc(C)n(-c2cccc(Cl)c2Cl)c1=O. The summed E-state index contributed by atoms with van der Waals surface area (Å²) in [5.41, 5.74) is 7.47. The van der Waals surface area contributed by atoms with Crippen molar-refractivity contribution in [2.45, 2.75) is 45.8 Å². The van der Waals surface area contributed by atoms with E-state index in [1.54, 1.807) is 18.2 Å². The van der Waals surface area contributed by atoms with Crippen LogP contribution in [0.4, 0.5) is 5.82 Å². The van der Waals surface area contributed by atoms with Crippen molar-refractivity contribution in [1.82, 2.24) is 9.55 Å². The molecule has 1 aromatic carbocycles. The largest absolute Gasteiger partial charge is 0.376 e. The minimum atomic E-state index is -0.133. The summed E-state index contributed by atoms with van der Waals surface area (Å²) in [6.07, 6.45) is 1.96. The van der Waals surface area contributed by atoms with Gasteiger partial charge in [0.15, 0.2) is 0 Å². The summed E-state index contributed by atoms with van der Waals surface area (Å²) in [6.45, 7) is 7.99. The lowest BCUT2D eigenvalue weighted by Gasteiger charge is -2.42. The minimum Gasteiger partial charge on any atom is -0.376 e. The summed E-state index contributed by atoms with van der Waals surface area (Å²) in [7, 11) is 0. The number of hydrogen-bond donors (Lipinski definition) is 1. The number of halogens is 2. The highest BCUT2D eigenvalue weighted by molar-refractivity contribution is 6.43. The average molecular weight is 437 g/mol. The highest BCUT2D eigenvalue weighted by Gasteiger charge is 2.47. The second-order valence-electron chi connectivity index (χ2n) is 8.21. The van der Waals surface area contributed by atoms with Gasteiger partial charge < -0.3 is 15.4 Å². The monoisotopic (exact) mass is 436 g/mol. The smallest absolute Gasteiger partial charge is 0.263 e. The molecule has 2 fully saturated rings. The van der Waals surface area contributed by atoms with Crippen molar-refractivity contribution in [2.75, 3.05) is 24.6 Å². The van der Waals surface area contributed by atoms with Crippen LogP contribution in [0.1, 0.15) is 31.2 Å². The first kappa shape index (κ1) is 20.7. The van der Waals surface area contributed by atoms with Crippen molar-refractivity contribution in [3.63, 3.8) is 0 Å². The maximum Gasteiger partial charge on any atom is 0.263 e.